The molecule has 2 aromatic rings. The third-order valence-corrected chi connectivity index (χ3v) is 4.44. The van der Waals surface area contributed by atoms with Crippen molar-refractivity contribution in [2.75, 3.05) is 6.61 Å². The molecule has 0 spiro atoms. The van der Waals surface area contributed by atoms with E-state index in [1.54, 1.807) is 0 Å². The van der Waals surface area contributed by atoms with Crippen molar-refractivity contribution in [3.05, 3.63) is 71.8 Å². The number of amides is 1. The minimum atomic E-state index is -0.174. The molecule has 2 aromatic carbocycles. The number of carbonyl (C=O) groups is 1. The summed E-state index contributed by atoms with van der Waals surface area (Å²) >= 11 is 0. The molecule has 0 unspecified atom stereocenters. The summed E-state index contributed by atoms with van der Waals surface area (Å²) in [6.45, 7) is 0.459. The van der Waals surface area contributed by atoms with Crippen molar-refractivity contribution in [2.45, 2.75) is 24.4 Å². The van der Waals surface area contributed by atoms with Crippen molar-refractivity contribution in [3.63, 3.8) is 0 Å². The molecule has 1 aliphatic carbocycles. The zero-order valence-electron chi connectivity index (χ0n) is 11.7. The summed E-state index contributed by atoms with van der Waals surface area (Å²) in [5.41, 5.74) is 2.47. The number of nitrogens with zero attached hydrogens (tertiary/aromatic N) is 1. The van der Waals surface area contributed by atoms with E-state index in [0.29, 0.717) is 12.5 Å². The van der Waals surface area contributed by atoms with Crippen LogP contribution in [0.5, 0.6) is 0 Å². The summed E-state index contributed by atoms with van der Waals surface area (Å²) in [7, 11) is 0. The fourth-order valence-corrected chi connectivity index (χ4v) is 3.28. The van der Waals surface area contributed by atoms with Crippen LogP contribution in [0, 0.1) is 0 Å². The van der Waals surface area contributed by atoms with Crippen LogP contribution in [-0.4, -0.2) is 23.6 Å². The molecule has 0 N–H and O–H groups in total. The largest absolute Gasteiger partial charge is 0.447 e. The lowest BCUT2D eigenvalue weighted by Gasteiger charge is -2.22. The third-order valence-electron chi connectivity index (χ3n) is 4.44. The van der Waals surface area contributed by atoms with E-state index in [0.717, 1.165) is 12.0 Å². The zero-order chi connectivity index (χ0) is 14.2. The summed E-state index contributed by atoms with van der Waals surface area (Å²) in [4.78, 5) is 14.1. The summed E-state index contributed by atoms with van der Waals surface area (Å²) in [6, 6.07) is 20.9. The third kappa shape index (κ3) is 2.19. The van der Waals surface area contributed by atoms with Gasteiger partial charge in [-0.3, -0.25) is 4.90 Å². The highest BCUT2D eigenvalue weighted by Gasteiger charge is 2.50. The number of benzene rings is 2. The van der Waals surface area contributed by atoms with Gasteiger partial charge in [-0.25, -0.2) is 4.79 Å². The number of cyclic esters (lactones) is 1. The van der Waals surface area contributed by atoms with Crippen LogP contribution in [0.3, 0.4) is 0 Å². The molecule has 3 atom stereocenters. The predicted molar refractivity (Wildman–Crippen MR) is 80.0 cm³/mol. The predicted octanol–water partition coefficient (Wildman–Crippen LogP) is 3.74. The van der Waals surface area contributed by atoms with Crippen LogP contribution in [0.4, 0.5) is 4.79 Å². The van der Waals surface area contributed by atoms with Crippen molar-refractivity contribution in [1.82, 2.24) is 4.90 Å². The number of hydrogen-bond acceptors (Lipinski definition) is 2. The maximum atomic E-state index is 12.1. The first-order chi connectivity index (χ1) is 10.3. The van der Waals surface area contributed by atoms with Gasteiger partial charge in [0.15, 0.2) is 0 Å². The smallest absolute Gasteiger partial charge is 0.410 e. The molecule has 1 amide bonds. The van der Waals surface area contributed by atoms with Crippen molar-refractivity contribution in [2.24, 2.45) is 0 Å². The Labute approximate surface area is 124 Å². The molecule has 3 nitrogen and oxygen atoms in total. The van der Waals surface area contributed by atoms with Gasteiger partial charge < -0.3 is 4.74 Å². The molecular formula is C18H17NO2. The van der Waals surface area contributed by atoms with Crippen LogP contribution in [0.2, 0.25) is 0 Å². The van der Waals surface area contributed by atoms with E-state index in [9.17, 15) is 4.79 Å². The second-order valence-corrected chi connectivity index (χ2v) is 5.73. The van der Waals surface area contributed by atoms with Crippen LogP contribution in [0.1, 0.15) is 29.5 Å². The molecule has 21 heavy (non-hydrogen) atoms. The summed E-state index contributed by atoms with van der Waals surface area (Å²) in [6.07, 6.45) is 0.856. The monoisotopic (exact) mass is 279 g/mol. The molecule has 0 radical (unpaired) electrons. The van der Waals surface area contributed by atoms with Gasteiger partial charge in [0, 0.05) is 12.0 Å². The zero-order valence-corrected chi connectivity index (χ0v) is 11.7. The van der Waals surface area contributed by atoms with Gasteiger partial charge >= 0.3 is 6.09 Å². The normalized spacial score (nSPS) is 27.5. The molecule has 0 aromatic heterocycles. The van der Waals surface area contributed by atoms with Crippen LogP contribution in [-0.2, 0) is 4.74 Å². The molecule has 1 saturated carbocycles. The highest BCUT2D eigenvalue weighted by Crippen LogP contribution is 2.49. The minimum absolute atomic E-state index is 0.0532. The van der Waals surface area contributed by atoms with E-state index >= 15 is 0 Å². The molecule has 2 aliphatic rings. The van der Waals surface area contributed by atoms with Gasteiger partial charge in [0.2, 0.25) is 0 Å². The molecule has 1 saturated heterocycles. The van der Waals surface area contributed by atoms with Crippen LogP contribution in [0.15, 0.2) is 60.7 Å². The Morgan fingerprint density at radius 2 is 1.52 bits per heavy atom. The maximum absolute atomic E-state index is 12.1. The first kappa shape index (κ1) is 12.5. The molecule has 4 rings (SSSR count). The number of hydrogen-bond donors (Lipinski definition) is 0. The fraction of sp³-hybridized carbons (Fsp3) is 0.278. The van der Waals surface area contributed by atoms with Crippen molar-refractivity contribution in [3.8, 4) is 0 Å². The highest BCUT2D eigenvalue weighted by molar-refractivity contribution is 5.72. The second-order valence-electron chi connectivity index (χ2n) is 5.73. The van der Waals surface area contributed by atoms with Gasteiger partial charge in [-0.1, -0.05) is 60.7 Å². The van der Waals surface area contributed by atoms with Crippen molar-refractivity contribution in [1.29, 1.82) is 0 Å². The van der Waals surface area contributed by atoms with Gasteiger partial charge in [-0.15, -0.1) is 0 Å². The Kier molecular flexibility index (Phi) is 2.92. The van der Waals surface area contributed by atoms with Gasteiger partial charge in [-0.05, 0) is 17.5 Å². The SMILES string of the molecule is O=C1OC[C@@H](c2ccccc2)N1[C@H]1C[C@H]1c1ccccc1. The van der Waals surface area contributed by atoms with E-state index in [4.69, 9.17) is 4.74 Å². The fourth-order valence-electron chi connectivity index (χ4n) is 3.28. The van der Waals surface area contributed by atoms with Gasteiger partial charge in [-0.2, -0.15) is 0 Å². The average Bonchev–Trinajstić information content (AvgIpc) is 3.24. The molecule has 3 heteroatoms. The van der Waals surface area contributed by atoms with Gasteiger partial charge in [0.25, 0.3) is 0 Å². The topological polar surface area (TPSA) is 29.5 Å². The molecule has 1 aliphatic heterocycles. The first-order valence-electron chi connectivity index (χ1n) is 7.39. The lowest BCUT2D eigenvalue weighted by molar-refractivity contribution is 0.155. The minimum Gasteiger partial charge on any atom is -0.447 e. The second kappa shape index (κ2) is 4.92. The van der Waals surface area contributed by atoms with E-state index in [1.807, 2.05) is 29.2 Å². The van der Waals surface area contributed by atoms with Crippen LogP contribution < -0.4 is 0 Å². The lowest BCUT2D eigenvalue weighted by atomic mass is 10.1. The Bertz CT molecular complexity index is 641. The standard InChI is InChI=1S/C18H17NO2/c20-18-19(16-11-15(16)13-7-3-1-4-8-13)17(12-21-18)14-9-5-2-6-10-14/h1-10,15-17H,11-12H2/t15-,16-,17-/m0/s1. The quantitative estimate of drug-likeness (QED) is 0.856. The molecule has 0 bridgehead atoms. The first-order valence-corrected chi connectivity index (χ1v) is 7.39. The van der Waals surface area contributed by atoms with Gasteiger partial charge in [0.05, 0.1) is 6.04 Å². The summed E-state index contributed by atoms with van der Waals surface area (Å²) in [5.74, 6) is 0.447. The highest BCUT2D eigenvalue weighted by atomic mass is 16.6. The summed E-state index contributed by atoms with van der Waals surface area (Å²) < 4.78 is 5.31. The number of ether oxygens (including phenoxy) is 1. The Balaban J connectivity index is 1.58. The number of carbonyl (C=O) groups excluding carboxylic acids is 1. The van der Waals surface area contributed by atoms with E-state index in [2.05, 4.69) is 36.4 Å². The molecular weight excluding hydrogens is 262 g/mol. The Hall–Kier alpha value is -2.29. The average molecular weight is 279 g/mol. The van der Waals surface area contributed by atoms with Crippen molar-refractivity contribution >= 4 is 6.09 Å². The lowest BCUT2D eigenvalue weighted by Crippen LogP contribution is -2.30. The molecule has 1 heterocycles. The Morgan fingerprint density at radius 1 is 0.905 bits per heavy atom. The maximum Gasteiger partial charge on any atom is 0.410 e. The van der Waals surface area contributed by atoms with E-state index in [-0.39, 0.29) is 18.2 Å². The van der Waals surface area contributed by atoms with Crippen LogP contribution in [0.25, 0.3) is 0 Å². The molecule has 106 valence electrons. The molecule has 2 fully saturated rings. The summed E-state index contributed by atoms with van der Waals surface area (Å²) in [5, 5.41) is 0. The Morgan fingerprint density at radius 3 is 2.19 bits per heavy atom. The van der Waals surface area contributed by atoms with E-state index in [1.165, 1.54) is 5.56 Å². The van der Waals surface area contributed by atoms with Crippen LogP contribution >= 0.6 is 0 Å². The number of rotatable bonds is 3. The van der Waals surface area contributed by atoms with Gasteiger partial charge in [0.1, 0.15) is 6.61 Å². The van der Waals surface area contributed by atoms with E-state index < -0.39 is 0 Å². The van der Waals surface area contributed by atoms with Crippen molar-refractivity contribution < 1.29 is 9.53 Å².